The zero-order valence-corrected chi connectivity index (χ0v) is 14.7. The normalized spacial score (nSPS) is 11.5. The van der Waals surface area contributed by atoms with E-state index in [4.69, 9.17) is 4.52 Å². The zero-order valence-electron chi connectivity index (χ0n) is 14.7. The van der Waals surface area contributed by atoms with Crippen LogP contribution in [0.1, 0.15) is 50.3 Å². The van der Waals surface area contributed by atoms with Gasteiger partial charge in [-0.15, -0.1) is 0 Å². The van der Waals surface area contributed by atoms with Gasteiger partial charge in [0.15, 0.2) is 5.82 Å². The SMILES string of the molecule is CCCN(CCO)C(=O)c1ccccc1-c1nc(C(C)(C)C)no1. The molecule has 6 heteroatoms. The molecule has 1 aromatic heterocycles. The summed E-state index contributed by atoms with van der Waals surface area (Å²) >= 11 is 0. The first-order valence-electron chi connectivity index (χ1n) is 8.22. The highest BCUT2D eigenvalue weighted by atomic mass is 16.5. The van der Waals surface area contributed by atoms with Crippen LogP contribution in [-0.4, -0.2) is 45.8 Å². The van der Waals surface area contributed by atoms with Gasteiger partial charge < -0.3 is 14.5 Å². The summed E-state index contributed by atoms with van der Waals surface area (Å²) in [5.74, 6) is 0.793. The maximum absolute atomic E-state index is 12.8. The second-order valence-electron chi connectivity index (χ2n) is 6.73. The minimum atomic E-state index is -0.230. The molecule has 1 aromatic carbocycles. The van der Waals surface area contributed by atoms with Crippen LogP contribution in [0.3, 0.4) is 0 Å². The Morgan fingerprint density at radius 2 is 1.96 bits per heavy atom. The van der Waals surface area contributed by atoms with E-state index in [0.29, 0.717) is 35.9 Å². The Balaban J connectivity index is 2.40. The van der Waals surface area contributed by atoms with Crippen molar-refractivity contribution >= 4 is 5.91 Å². The molecule has 130 valence electrons. The topological polar surface area (TPSA) is 79.5 Å². The first kappa shape index (κ1) is 18.1. The van der Waals surface area contributed by atoms with Crippen LogP contribution < -0.4 is 0 Å². The van der Waals surface area contributed by atoms with Gasteiger partial charge in [-0.05, 0) is 18.6 Å². The predicted molar refractivity (Wildman–Crippen MR) is 91.7 cm³/mol. The van der Waals surface area contributed by atoms with Gasteiger partial charge in [-0.1, -0.05) is 45.0 Å². The molecule has 1 N–H and O–H groups in total. The molecule has 1 heterocycles. The van der Waals surface area contributed by atoms with Gasteiger partial charge in [0.05, 0.1) is 17.7 Å². The van der Waals surface area contributed by atoms with E-state index in [1.54, 1.807) is 23.1 Å². The zero-order chi connectivity index (χ0) is 17.7. The molecule has 0 aliphatic carbocycles. The molecule has 0 fully saturated rings. The Hall–Kier alpha value is -2.21. The fourth-order valence-electron chi connectivity index (χ4n) is 2.37. The molecule has 0 aliphatic heterocycles. The van der Waals surface area contributed by atoms with Gasteiger partial charge in [0.2, 0.25) is 0 Å². The molecule has 24 heavy (non-hydrogen) atoms. The van der Waals surface area contributed by atoms with Gasteiger partial charge in [0.1, 0.15) is 0 Å². The summed E-state index contributed by atoms with van der Waals surface area (Å²) in [5, 5.41) is 13.2. The molecule has 0 radical (unpaired) electrons. The Bertz CT molecular complexity index is 683. The van der Waals surface area contributed by atoms with E-state index in [0.717, 1.165) is 6.42 Å². The van der Waals surface area contributed by atoms with E-state index >= 15 is 0 Å². The number of nitrogens with zero attached hydrogens (tertiary/aromatic N) is 3. The molecule has 0 aliphatic rings. The lowest BCUT2D eigenvalue weighted by Crippen LogP contribution is -2.34. The third kappa shape index (κ3) is 4.00. The highest BCUT2D eigenvalue weighted by Crippen LogP contribution is 2.26. The van der Waals surface area contributed by atoms with Crippen molar-refractivity contribution in [1.82, 2.24) is 15.0 Å². The van der Waals surface area contributed by atoms with Crippen LogP contribution in [-0.2, 0) is 5.41 Å². The molecule has 2 rings (SSSR count). The molecule has 0 atom stereocenters. The molecule has 0 spiro atoms. The average molecular weight is 331 g/mol. The number of aromatic nitrogens is 2. The second kappa shape index (κ2) is 7.57. The molecule has 2 aromatic rings. The standard InChI is InChI=1S/C18H25N3O3/c1-5-10-21(11-12-22)16(23)14-9-7-6-8-13(14)15-19-17(20-24-15)18(2,3)4/h6-9,22H,5,10-12H2,1-4H3. The minimum absolute atomic E-state index is 0.0668. The lowest BCUT2D eigenvalue weighted by molar-refractivity contribution is 0.0722. The molecule has 0 saturated heterocycles. The van der Waals surface area contributed by atoms with Crippen molar-refractivity contribution in [1.29, 1.82) is 0 Å². The van der Waals surface area contributed by atoms with Crippen molar-refractivity contribution < 1.29 is 14.4 Å². The Morgan fingerprint density at radius 1 is 1.25 bits per heavy atom. The molecular formula is C18H25N3O3. The lowest BCUT2D eigenvalue weighted by atomic mass is 9.96. The summed E-state index contributed by atoms with van der Waals surface area (Å²) < 4.78 is 5.39. The van der Waals surface area contributed by atoms with Crippen LogP contribution in [0.5, 0.6) is 0 Å². The second-order valence-corrected chi connectivity index (χ2v) is 6.73. The fraction of sp³-hybridized carbons (Fsp3) is 0.500. The number of carbonyl (C=O) groups excluding carboxylic acids is 1. The third-order valence-corrected chi connectivity index (χ3v) is 3.64. The van der Waals surface area contributed by atoms with Gasteiger partial charge in [-0.2, -0.15) is 4.98 Å². The van der Waals surface area contributed by atoms with Crippen molar-refractivity contribution in [3.05, 3.63) is 35.7 Å². The van der Waals surface area contributed by atoms with E-state index in [-0.39, 0.29) is 17.9 Å². The predicted octanol–water partition coefficient (Wildman–Crippen LogP) is 2.88. The van der Waals surface area contributed by atoms with Crippen molar-refractivity contribution in [2.75, 3.05) is 19.7 Å². The van der Waals surface area contributed by atoms with Crippen molar-refractivity contribution in [3.8, 4) is 11.5 Å². The molecule has 0 unspecified atom stereocenters. The smallest absolute Gasteiger partial charge is 0.258 e. The van der Waals surface area contributed by atoms with Crippen LogP contribution >= 0.6 is 0 Å². The summed E-state index contributed by atoms with van der Waals surface area (Å²) in [6, 6.07) is 7.19. The van der Waals surface area contributed by atoms with Gasteiger partial charge >= 0.3 is 0 Å². The van der Waals surface area contributed by atoms with Crippen LogP contribution in [0, 0.1) is 0 Å². The highest BCUT2D eigenvalue weighted by Gasteiger charge is 2.25. The summed E-state index contributed by atoms with van der Waals surface area (Å²) in [6.45, 7) is 8.83. The number of carbonyl (C=O) groups is 1. The first-order chi connectivity index (χ1) is 11.4. The van der Waals surface area contributed by atoms with E-state index in [2.05, 4.69) is 10.1 Å². The van der Waals surface area contributed by atoms with Crippen LogP contribution in [0.4, 0.5) is 0 Å². The van der Waals surface area contributed by atoms with Crippen LogP contribution in [0.25, 0.3) is 11.5 Å². The number of rotatable bonds is 6. The molecule has 1 amide bonds. The van der Waals surface area contributed by atoms with Gasteiger partial charge in [0.25, 0.3) is 11.8 Å². The van der Waals surface area contributed by atoms with Crippen molar-refractivity contribution in [2.24, 2.45) is 0 Å². The van der Waals surface area contributed by atoms with E-state index in [9.17, 15) is 9.90 Å². The van der Waals surface area contributed by atoms with Crippen molar-refractivity contribution in [2.45, 2.75) is 39.5 Å². The quantitative estimate of drug-likeness (QED) is 0.880. The minimum Gasteiger partial charge on any atom is -0.395 e. The summed E-state index contributed by atoms with van der Waals surface area (Å²) in [4.78, 5) is 18.9. The summed E-state index contributed by atoms with van der Waals surface area (Å²) in [5.41, 5.74) is 0.888. The van der Waals surface area contributed by atoms with Crippen LogP contribution in [0.2, 0.25) is 0 Å². The summed E-state index contributed by atoms with van der Waals surface area (Å²) in [7, 11) is 0. The number of hydrogen-bond acceptors (Lipinski definition) is 5. The van der Waals surface area contributed by atoms with Gasteiger partial charge in [-0.3, -0.25) is 4.79 Å². The number of aliphatic hydroxyl groups excluding tert-OH is 1. The Morgan fingerprint density at radius 3 is 2.54 bits per heavy atom. The average Bonchev–Trinajstić information content (AvgIpc) is 3.04. The number of hydrogen-bond donors (Lipinski definition) is 1. The number of amides is 1. The molecular weight excluding hydrogens is 306 g/mol. The van der Waals surface area contributed by atoms with E-state index in [1.807, 2.05) is 33.8 Å². The third-order valence-electron chi connectivity index (χ3n) is 3.64. The Kier molecular flexibility index (Phi) is 5.72. The number of aliphatic hydroxyl groups is 1. The maximum atomic E-state index is 12.8. The fourth-order valence-corrected chi connectivity index (χ4v) is 2.37. The summed E-state index contributed by atoms with van der Waals surface area (Å²) in [6.07, 6.45) is 0.822. The first-order valence-corrected chi connectivity index (χ1v) is 8.22. The van der Waals surface area contributed by atoms with Gasteiger partial charge in [0, 0.05) is 18.5 Å². The largest absolute Gasteiger partial charge is 0.395 e. The lowest BCUT2D eigenvalue weighted by Gasteiger charge is -2.21. The van der Waals surface area contributed by atoms with E-state index in [1.165, 1.54) is 0 Å². The highest BCUT2D eigenvalue weighted by molar-refractivity contribution is 6.00. The molecule has 6 nitrogen and oxygen atoms in total. The monoisotopic (exact) mass is 331 g/mol. The number of benzene rings is 1. The van der Waals surface area contributed by atoms with Crippen molar-refractivity contribution in [3.63, 3.8) is 0 Å². The molecule has 0 bridgehead atoms. The van der Waals surface area contributed by atoms with Crippen LogP contribution in [0.15, 0.2) is 28.8 Å². The van der Waals surface area contributed by atoms with Gasteiger partial charge in [-0.25, -0.2) is 0 Å². The molecule has 0 saturated carbocycles. The van der Waals surface area contributed by atoms with E-state index < -0.39 is 0 Å². The maximum Gasteiger partial charge on any atom is 0.258 e. The Labute approximate surface area is 142 Å².